The summed E-state index contributed by atoms with van der Waals surface area (Å²) in [5.74, 6) is 0.197. The Morgan fingerprint density at radius 1 is 1.09 bits per heavy atom. The molecule has 3 aromatic rings. The van der Waals surface area contributed by atoms with E-state index in [9.17, 15) is 13.2 Å². The number of nitrogens with zero attached hydrogens (tertiary/aromatic N) is 1. The number of nitrogens with one attached hydrogen (secondary N) is 1. The lowest BCUT2D eigenvalue weighted by Gasteiger charge is -2.22. The Morgan fingerprint density at radius 2 is 1.94 bits per heavy atom. The zero-order valence-corrected chi connectivity index (χ0v) is 18.5. The number of H-pyrrole nitrogens is 1. The highest BCUT2D eigenvalue weighted by Gasteiger charge is 2.31. The molecule has 1 aliphatic rings. The van der Waals surface area contributed by atoms with Crippen molar-refractivity contribution in [2.24, 2.45) is 0 Å². The summed E-state index contributed by atoms with van der Waals surface area (Å²) in [6.07, 6.45) is 3.26. The molecule has 0 saturated carbocycles. The number of aromatic nitrogens is 2. The fraction of sp³-hybridized carbons (Fsp3) is 0.292. The molecule has 2 aromatic heterocycles. The first kappa shape index (κ1) is 23.2. The third-order valence-electron chi connectivity index (χ3n) is 5.27. The molecule has 9 heteroatoms. The van der Waals surface area contributed by atoms with Gasteiger partial charge in [-0.15, -0.1) is 0 Å². The molecule has 1 N–H and O–H groups in total. The molecular weight excluding hydrogens is 457 g/mol. The van der Waals surface area contributed by atoms with Crippen LogP contribution in [-0.4, -0.2) is 36.5 Å². The van der Waals surface area contributed by atoms with Crippen molar-refractivity contribution in [3.63, 3.8) is 0 Å². The molecule has 1 aliphatic carbocycles. The highest BCUT2D eigenvalue weighted by atomic mass is 35.5. The van der Waals surface area contributed by atoms with Crippen molar-refractivity contribution in [1.82, 2.24) is 9.97 Å². The summed E-state index contributed by atoms with van der Waals surface area (Å²) in [7, 11) is 1.49. The monoisotopic (exact) mass is 478 g/mol. The molecule has 4 rings (SSSR count). The predicted octanol–water partition coefficient (Wildman–Crippen LogP) is 6.46. The first-order chi connectivity index (χ1) is 15.9. The van der Waals surface area contributed by atoms with Crippen LogP contribution in [-0.2, 0) is 4.74 Å². The summed E-state index contributed by atoms with van der Waals surface area (Å²) in [5.41, 5.74) is 2.78. The van der Waals surface area contributed by atoms with Gasteiger partial charge in [0.15, 0.2) is 18.1 Å². The molecule has 1 unspecified atom stereocenters. The van der Waals surface area contributed by atoms with Crippen molar-refractivity contribution in [1.29, 1.82) is 0 Å². The normalized spacial score (nSPS) is 15.2. The number of halogens is 4. The number of methoxy groups -OCH3 is 1. The molecule has 0 saturated heterocycles. The van der Waals surface area contributed by atoms with Crippen molar-refractivity contribution in [2.75, 3.05) is 20.3 Å². The third-order valence-corrected chi connectivity index (χ3v) is 5.59. The summed E-state index contributed by atoms with van der Waals surface area (Å²) in [4.78, 5) is 7.34. The van der Waals surface area contributed by atoms with Crippen molar-refractivity contribution in [2.45, 2.75) is 25.1 Å². The topological polar surface area (TPSA) is 56.4 Å². The van der Waals surface area contributed by atoms with Crippen LogP contribution in [0.4, 0.5) is 13.2 Å². The zero-order chi connectivity index (χ0) is 23.4. The first-order valence-corrected chi connectivity index (χ1v) is 10.7. The minimum atomic E-state index is -4.51. The molecule has 0 aliphatic heterocycles. The van der Waals surface area contributed by atoms with Gasteiger partial charge in [-0.3, -0.25) is 0 Å². The Balaban J connectivity index is 1.70. The Hall–Kier alpha value is -2.97. The molecule has 174 valence electrons. The van der Waals surface area contributed by atoms with Crippen LogP contribution in [0.1, 0.15) is 30.1 Å². The van der Waals surface area contributed by atoms with Crippen molar-refractivity contribution in [3.05, 3.63) is 76.6 Å². The molecule has 0 bridgehead atoms. The molecule has 0 radical (unpaired) electrons. The van der Waals surface area contributed by atoms with E-state index in [2.05, 4.69) is 9.97 Å². The van der Waals surface area contributed by atoms with Gasteiger partial charge < -0.3 is 19.2 Å². The van der Waals surface area contributed by atoms with Gasteiger partial charge in [0.05, 0.1) is 0 Å². The maximum atomic E-state index is 13.0. The standard InChI is InChI=1S/C24H22ClF3N2O3/c1-31-21(19-12-30-23-17(19)5-3-11-29-23)18-4-2-6-20(22(18)33-14-24(26,27)28)32-13-15-7-9-16(25)10-8-15/h2-7,9,11-12,21H,8,10,13-14H2,1H3,(H,29,30). The molecule has 0 fully saturated rings. The Labute approximate surface area is 193 Å². The van der Waals surface area contributed by atoms with Gasteiger partial charge in [-0.1, -0.05) is 29.8 Å². The number of rotatable bonds is 8. The minimum Gasteiger partial charge on any atom is -0.485 e. The van der Waals surface area contributed by atoms with Crippen LogP contribution in [0.3, 0.4) is 0 Å². The Kier molecular flexibility index (Phi) is 6.95. The SMILES string of the molecule is COC(c1cccc(OCC2=CC=C(Cl)CC2)c1OCC(F)(F)F)c1c[nH]c2ncccc12. The van der Waals surface area contributed by atoms with E-state index >= 15 is 0 Å². The van der Waals surface area contributed by atoms with E-state index in [0.29, 0.717) is 17.6 Å². The largest absolute Gasteiger partial charge is 0.485 e. The van der Waals surface area contributed by atoms with Gasteiger partial charge in [-0.25, -0.2) is 4.98 Å². The lowest BCUT2D eigenvalue weighted by atomic mass is 10.00. The summed E-state index contributed by atoms with van der Waals surface area (Å²) < 4.78 is 56.0. The number of pyridine rings is 1. The number of hydrogen-bond donors (Lipinski definition) is 1. The number of alkyl halides is 3. The number of allylic oxidation sites excluding steroid dienone is 3. The van der Waals surface area contributed by atoms with Crippen LogP contribution in [0.5, 0.6) is 11.5 Å². The van der Waals surface area contributed by atoms with Crippen LogP contribution in [0.15, 0.2) is 65.5 Å². The van der Waals surface area contributed by atoms with E-state index < -0.39 is 18.9 Å². The van der Waals surface area contributed by atoms with E-state index in [1.807, 2.05) is 12.1 Å². The summed E-state index contributed by atoms with van der Waals surface area (Å²) in [6, 6.07) is 8.61. The lowest BCUT2D eigenvalue weighted by Crippen LogP contribution is -2.21. The van der Waals surface area contributed by atoms with E-state index in [-0.39, 0.29) is 18.1 Å². The predicted molar refractivity (Wildman–Crippen MR) is 120 cm³/mol. The molecule has 0 amide bonds. The number of hydrogen-bond acceptors (Lipinski definition) is 4. The van der Waals surface area contributed by atoms with E-state index in [0.717, 1.165) is 28.0 Å². The van der Waals surface area contributed by atoms with E-state index in [1.165, 1.54) is 7.11 Å². The van der Waals surface area contributed by atoms with Gasteiger partial charge >= 0.3 is 6.18 Å². The molecule has 5 nitrogen and oxygen atoms in total. The lowest BCUT2D eigenvalue weighted by molar-refractivity contribution is -0.153. The van der Waals surface area contributed by atoms with Gasteiger partial charge in [0.2, 0.25) is 0 Å². The molecule has 1 atom stereocenters. The van der Waals surface area contributed by atoms with Crippen molar-refractivity contribution >= 4 is 22.6 Å². The second kappa shape index (κ2) is 9.89. The number of benzene rings is 1. The van der Waals surface area contributed by atoms with E-state index in [4.69, 9.17) is 25.8 Å². The Bertz CT molecular complexity index is 1190. The number of fused-ring (bicyclic) bond motifs is 1. The zero-order valence-electron chi connectivity index (χ0n) is 17.8. The fourth-order valence-electron chi connectivity index (χ4n) is 3.72. The average molecular weight is 479 g/mol. The first-order valence-electron chi connectivity index (χ1n) is 10.3. The summed E-state index contributed by atoms with van der Waals surface area (Å²) in [6.45, 7) is -1.24. The van der Waals surface area contributed by atoms with Gasteiger partial charge in [0.1, 0.15) is 18.4 Å². The van der Waals surface area contributed by atoms with Gasteiger partial charge in [0.25, 0.3) is 0 Å². The molecular formula is C24H22ClF3N2O3. The molecule has 0 spiro atoms. The van der Waals surface area contributed by atoms with Crippen LogP contribution in [0.2, 0.25) is 0 Å². The third kappa shape index (κ3) is 5.51. The van der Waals surface area contributed by atoms with Gasteiger partial charge in [-0.2, -0.15) is 13.2 Å². The van der Waals surface area contributed by atoms with Crippen molar-refractivity contribution in [3.8, 4) is 11.5 Å². The number of aromatic amines is 1. The van der Waals surface area contributed by atoms with Gasteiger partial charge in [-0.05, 0) is 42.7 Å². The van der Waals surface area contributed by atoms with Crippen LogP contribution < -0.4 is 9.47 Å². The number of para-hydroxylation sites is 1. The molecule has 33 heavy (non-hydrogen) atoms. The summed E-state index contributed by atoms with van der Waals surface area (Å²) >= 11 is 6.00. The highest BCUT2D eigenvalue weighted by Crippen LogP contribution is 2.41. The second-order valence-corrected chi connectivity index (χ2v) is 8.05. The quantitative estimate of drug-likeness (QED) is 0.403. The smallest absolute Gasteiger partial charge is 0.422 e. The highest BCUT2D eigenvalue weighted by molar-refractivity contribution is 6.29. The summed E-state index contributed by atoms with van der Waals surface area (Å²) in [5, 5.41) is 1.56. The fourth-order valence-corrected chi connectivity index (χ4v) is 3.88. The maximum Gasteiger partial charge on any atom is 0.422 e. The molecule has 1 aromatic carbocycles. The van der Waals surface area contributed by atoms with Crippen LogP contribution in [0.25, 0.3) is 11.0 Å². The maximum absolute atomic E-state index is 13.0. The van der Waals surface area contributed by atoms with Crippen LogP contribution in [0, 0.1) is 0 Å². The second-order valence-electron chi connectivity index (χ2n) is 7.56. The minimum absolute atomic E-state index is 0.00935. The molecule has 2 heterocycles. The average Bonchev–Trinajstić information content (AvgIpc) is 3.22. The number of ether oxygens (including phenoxy) is 3. The van der Waals surface area contributed by atoms with E-state index in [1.54, 1.807) is 42.7 Å². The van der Waals surface area contributed by atoms with Crippen molar-refractivity contribution < 1.29 is 27.4 Å². The Morgan fingerprint density at radius 3 is 2.67 bits per heavy atom. The van der Waals surface area contributed by atoms with Crippen LogP contribution >= 0.6 is 11.6 Å². The van der Waals surface area contributed by atoms with Gasteiger partial charge in [0, 0.05) is 41.0 Å².